The SMILES string of the molecule is O=C(/C=C/c1ccc(OCCOCCOCCF)cc1)c1ccc(OCCOCCOCCF)cc1. The fourth-order valence-corrected chi connectivity index (χ4v) is 2.85. The molecule has 0 aliphatic rings. The molecule has 0 heterocycles. The summed E-state index contributed by atoms with van der Waals surface area (Å²) in [6, 6.07) is 14.2. The Morgan fingerprint density at radius 3 is 1.47 bits per heavy atom. The highest BCUT2D eigenvalue weighted by atomic mass is 19.1. The normalized spacial score (nSPS) is 11.2. The summed E-state index contributed by atoms with van der Waals surface area (Å²) in [6.07, 6.45) is 3.26. The molecule has 0 N–H and O–H groups in total. The van der Waals surface area contributed by atoms with Gasteiger partial charge in [0.2, 0.25) is 0 Å². The lowest BCUT2D eigenvalue weighted by Gasteiger charge is -2.08. The minimum absolute atomic E-state index is 0.0841. The second kappa shape index (κ2) is 19.4. The van der Waals surface area contributed by atoms with E-state index in [-0.39, 0.29) is 19.0 Å². The Balaban J connectivity index is 1.63. The van der Waals surface area contributed by atoms with Gasteiger partial charge in [0.05, 0.1) is 52.9 Å². The average molecular weight is 509 g/mol. The molecular formula is C27H34F2O7. The van der Waals surface area contributed by atoms with Gasteiger partial charge in [0.15, 0.2) is 5.78 Å². The largest absolute Gasteiger partial charge is 0.491 e. The van der Waals surface area contributed by atoms with Crippen LogP contribution in [-0.4, -0.2) is 85.2 Å². The molecule has 2 rings (SSSR count). The second-order valence-electron chi connectivity index (χ2n) is 7.32. The number of alkyl halides is 2. The third-order valence-corrected chi connectivity index (χ3v) is 4.63. The highest BCUT2D eigenvalue weighted by Gasteiger charge is 2.03. The molecule has 0 aliphatic heterocycles. The van der Waals surface area contributed by atoms with E-state index in [1.54, 1.807) is 30.3 Å². The van der Waals surface area contributed by atoms with Crippen LogP contribution < -0.4 is 9.47 Å². The van der Waals surface area contributed by atoms with Crippen LogP contribution in [-0.2, 0) is 18.9 Å². The Bertz CT molecular complexity index is 857. The molecule has 2 aromatic rings. The van der Waals surface area contributed by atoms with Crippen molar-refractivity contribution in [3.05, 3.63) is 65.7 Å². The zero-order valence-corrected chi connectivity index (χ0v) is 20.4. The molecule has 0 bridgehead atoms. The van der Waals surface area contributed by atoms with Crippen LogP contribution in [0.2, 0.25) is 0 Å². The van der Waals surface area contributed by atoms with Crippen LogP contribution in [0.15, 0.2) is 54.6 Å². The van der Waals surface area contributed by atoms with Gasteiger partial charge >= 0.3 is 0 Å². The van der Waals surface area contributed by atoms with Crippen LogP contribution >= 0.6 is 0 Å². The van der Waals surface area contributed by atoms with E-state index in [0.29, 0.717) is 69.9 Å². The first-order valence-electron chi connectivity index (χ1n) is 11.8. The first kappa shape index (κ1) is 29.4. The molecule has 36 heavy (non-hydrogen) atoms. The van der Waals surface area contributed by atoms with Crippen molar-refractivity contribution < 1.29 is 42.0 Å². The average Bonchev–Trinajstić information content (AvgIpc) is 2.91. The standard InChI is InChI=1S/C27H34F2O7/c28-11-13-31-15-17-33-19-21-35-25-6-1-23(2-7-25)3-10-27(30)24-4-8-26(9-5-24)36-22-20-34-18-16-32-14-12-29/h1-10H,11-22H2/b10-3+. The molecule has 198 valence electrons. The third-order valence-electron chi connectivity index (χ3n) is 4.63. The number of carbonyl (C=O) groups excluding carboxylic acids is 1. The van der Waals surface area contributed by atoms with E-state index in [4.69, 9.17) is 28.4 Å². The molecule has 0 amide bonds. The van der Waals surface area contributed by atoms with Gasteiger partial charge in [0, 0.05) is 5.56 Å². The molecule has 0 saturated carbocycles. The number of rotatable bonds is 21. The molecule has 0 aliphatic carbocycles. The monoisotopic (exact) mass is 508 g/mol. The van der Waals surface area contributed by atoms with E-state index >= 15 is 0 Å². The van der Waals surface area contributed by atoms with Crippen LogP contribution in [0.25, 0.3) is 6.08 Å². The summed E-state index contributed by atoms with van der Waals surface area (Å²) in [4.78, 5) is 12.4. The van der Waals surface area contributed by atoms with Gasteiger partial charge in [-0.05, 0) is 48.0 Å². The number of ketones is 1. The lowest BCUT2D eigenvalue weighted by Crippen LogP contribution is -2.11. The lowest BCUT2D eigenvalue weighted by molar-refractivity contribution is 0.0325. The summed E-state index contributed by atoms with van der Waals surface area (Å²) >= 11 is 0. The molecule has 0 aromatic heterocycles. The smallest absolute Gasteiger partial charge is 0.185 e. The van der Waals surface area contributed by atoms with Gasteiger partial charge in [0.1, 0.15) is 38.1 Å². The molecule has 2 aromatic carbocycles. The van der Waals surface area contributed by atoms with Gasteiger partial charge in [-0.1, -0.05) is 18.2 Å². The zero-order valence-electron chi connectivity index (χ0n) is 20.4. The highest BCUT2D eigenvalue weighted by molar-refractivity contribution is 6.06. The minimum Gasteiger partial charge on any atom is -0.491 e. The van der Waals surface area contributed by atoms with Crippen LogP contribution in [0.3, 0.4) is 0 Å². The molecule has 0 unspecified atom stereocenters. The molecule has 0 fully saturated rings. The van der Waals surface area contributed by atoms with Crippen molar-refractivity contribution in [2.45, 2.75) is 0 Å². The molecule has 0 spiro atoms. The van der Waals surface area contributed by atoms with Crippen LogP contribution in [0.5, 0.6) is 11.5 Å². The van der Waals surface area contributed by atoms with Gasteiger partial charge < -0.3 is 28.4 Å². The summed E-state index contributed by atoms with van der Waals surface area (Å²) in [5.74, 6) is 1.21. The van der Waals surface area contributed by atoms with Crippen LogP contribution in [0, 0.1) is 0 Å². The maximum absolute atomic E-state index is 12.4. The van der Waals surface area contributed by atoms with Gasteiger partial charge in [-0.25, -0.2) is 8.78 Å². The van der Waals surface area contributed by atoms with Crippen molar-refractivity contribution in [1.82, 2.24) is 0 Å². The summed E-state index contributed by atoms with van der Waals surface area (Å²) in [7, 11) is 0. The number of benzene rings is 2. The third kappa shape index (κ3) is 13.3. The fraction of sp³-hybridized carbons (Fsp3) is 0.444. The number of allylic oxidation sites excluding steroid dienone is 1. The van der Waals surface area contributed by atoms with Gasteiger partial charge in [-0.3, -0.25) is 4.79 Å². The van der Waals surface area contributed by atoms with Crippen molar-refractivity contribution in [2.24, 2.45) is 0 Å². The molecule has 0 atom stereocenters. The van der Waals surface area contributed by atoms with Crippen molar-refractivity contribution in [3.8, 4) is 11.5 Å². The summed E-state index contributed by atoms with van der Waals surface area (Å²) in [5.41, 5.74) is 1.42. The Morgan fingerprint density at radius 1 is 0.583 bits per heavy atom. The van der Waals surface area contributed by atoms with E-state index in [1.165, 1.54) is 6.08 Å². The molecule has 7 nitrogen and oxygen atoms in total. The van der Waals surface area contributed by atoms with Gasteiger partial charge in [0.25, 0.3) is 0 Å². The Labute approximate surface area is 210 Å². The van der Waals surface area contributed by atoms with Crippen molar-refractivity contribution in [1.29, 1.82) is 0 Å². The Morgan fingerprint density at radius 2 is 1.00 bits per heavy atom. The van der Waals surface area contributed by atoms with E-state index in [1.807, 2.05) is 24.3 Å². The van der Waals surface area contributed by atoms with Crippen LogP contribution in [0.1, 0.15) is 15.9 Å². The topological polar surface area (TPSA) is 72.5 Å². The van der Waals surface area contributed by atoms with Crippen molar-refractivity contribution >= 4 is 11.9 Å². The summed E-state index contributed by atoms with van der Waals surface area (Å²) in [5, 5.41) is 0. The maximum Gasteiger partial charge on any atom is 0.185 e. The molecular weight excluding hydrogens is 474 g/mol. The fourth-order valence-electron chi connectivity index (χ4n) is 2.85. The lowest BCUT2D eigenvalue weighted by atomic mass is 10.1. The van der Waals surface area contributed by atoms with Crippen LogP contribution in [0.4, 0.5) is 8.78 Å². The number of hydrogen-bond acceptors (Lipinski definition) is 7. The predicted octanol–water partition coefficient (Wildman–Crippen LogP) is 4.35. The second-order valence-corrected chi connectivity index (χ2v) is 7.32. The van der Waals surface area contributed by atoms with Gasteiger partial charge in [-0.15, -0.1) is 0 Å². The quantitative estimate of drug-likeness (QED) is 0.141. The Hall–Kier alpha value is -2.85. The zero-order chi connectivity index (χ0) is 25.7. The highest BCUT2D eigenvalue weighted by Crippen LogP contribution is 2.15. The van der Waals surface area contributed by atoms with E-state index in [0.717, 1.165) is 5.56 Å². The van der Waals surface area contributed by atoms with Crippen molar-refractivity contribution in [3.63, 3.8) is 0 Å². The van der Waals surface area contributed by atoms with Crippen molar-refractivity contribution in [2.75, 3.05) is 79.4 Å². The van der Waals surface area contributed by atoms with E-state index in [9.17, 15) is 13.6 Å². The predicted molar refractivity (Wildman–Crippen MR) is 132 cm³/mol. The van der Waals surface area contributed by atoms with E-state index in [2.05, 4.69) is 0 Å². The Kier molecular flexibility index (Phi) is 15.8. The minimum atomic E-state index is -0.500. The number of halogens is 2. The number of carbonyl (C=O) groups is 1. The summed E-state index contributed by atoms with van der Waals surface area (Å²) in [6.45, 7) is 2.21. The number of ether oxygens (including phenoxy) is 6. The first-order valence-corrected chi connectivity index (χ1v) is 11.8. The molecule has 9 heteroatoms. The maximum atomic E-state index is 12.4. The van der Waals surface area contributed by atoms with Gasteiger partial charge in [-0.2, -0.15) is 0 Å². The number of hydrogen-bond donors (Lipinski definition) is 0. The van der Waals surface area contributed by atoms with E-state index < -0.39 is 13.3 Å². The summed E-state index contributed by atoms with van der Waals surface area (Å²) < 4.78 is 55.5. The first-order chi connectivity index (χ1) is 17.7. The molecule has 0 radical (unpaired) electrons. The molecule has 0 saturated heterocycles.